The van der Waals surface area contributed by atoms with E-state index >= 15 is 0 Å². The minimum atomic E-state index is -0.339. The third-order valence-electron chi connectivity index (χ3n) is 4.50. The molecule has 6 heteroatoms. The second kappa shape index (κ2) is 7.91. The number of likely N-dealkylation sites (tertiary alicyclic amines) is 1. The highest BCUT2D eigenvalue weighted by molar-refractivity contribution is 9.10. The highest BCUT2D eigenvalue weighted by Crippen LogP contribution is 2.26. The van der Waals surface area contributed by atoms with Crippen LogP contribution < -0.4 is 10.1 Å². The molecule has 0 aromatic heterocycles. The van der Waals surface area contributed by atoms with Gasteiger partial charge >= 0.3 is 0 Å². The first-order chi connectivity index (χ1) is 12.5. The normalized spacial score (nSPS) is 16.7. The van der Waals surface area contributed by atoms with Crippen LogP contribution in [0.3, 0.4) is 0 Å². The Kier molecular flexibility index (Phi) is 5.61. The van der Waals surface area contributed by atoms with Crippen molar-refractivity contribution in [2.24, 2.45) is 5.92 Å². The number of benzene rings is 2. The van der Waals surface area contributed by atoms with Gasteiger partial charge in [-0.2, -0.15) is 0 Å². The van der Waals surface area contributed by atoms with Crippen LogP contribution in [-0.4, -0.2) is 30.4 Å². The van der Waals surface area contributed by atoms with Gasteiger partial charge in [-0.25, -0.2) is 0 Å². The molecule has 0 saturated carbocycles. The van der Waals surface area contributed by atoms with Crippen LogP contribution in [0.15, 0.2) is 46.9 Å². The van der Waals surface area contributed by atoms with Gasteiger partial charge < -0.3 is 15.0 Å². The molecule has 1 N–H and O–H groups in total. The minimum absolute atomic E-state index is 0.00365. The number of hydrogen-bond acceptors (Lipinski definition) is 3. The Morgan fingerprint density at radius 2 is 2.00 bits per heavy atom. The van der Waals surface area contributed by atoms with Crippen molar-refractivity contribution in [1.82, 2.24) is 4.90 Å². The van der Waals surface area contributed by atoms with E-state index in [2.05, 4.69) is 21.2 Å². The van der Waals surface area contributed by atoms with Crippen LogP contribution >= 0.6 is 15.9 Å². The lowest BCUT2D eigenvalue weighted by Gasteiger charge is -2.17. The van der Waals surface area contributed by atoms with Crippen LogP contribution in [0.1, 0.15) is 17.5 Å². The Morgan fingerprint density at radius 3 is 2.65 bits per heavy atom. The molecule has 1 saturated heterocycles. The maximum atomic E-state index is 12.6. The Bertz CT molecular complexity index is 820. The molecule has 1 unspecified atom stereocenters. The number of halogens is 1. The summed E-state index contributed by atoms with van der Waals surface area (Å²) in [6, 6.07) is 13.4. The van der Waals surface area contributed by atoms with Gasteiger partial charge in [0.1, 0.15) is 5.75 Å². The lowest BCUT2D eigenvalue weighted by molar-refractivity contribution is -0.128. The van der Waals surface area contributed by atoms with Gasteiger partial charge in [-0.05, 0) is 58.2 Å². The predicted octanol–water partition coefficient (Wildman–Crippen LogP) is 3.75. The average molecular weight is 417 g/mol. The molecule has 136 valence electrons. The summed E-state index contributed by atoms with van der Waals surface area (Å²) >= 11 is 3.46. The second-order valence-corrected chi connectivity index (χ2v) is 7.35. The van der Waals surface area contributed by atoms with Gasteiger partial charge in [-0.1, -0.05) is 18.2 Å². The van der Waals surface area contributed by atoms with Gasteiger partial charge in [-0.3, -0.25) is 9.59 Å². The molecule has 1 fully saturated rings. The highest BCUT2D eigenvalue weighted by Gasteiger charge is 2.34. The Hall–Kier alpha value is -2.34. The molecule has 0 aliphatic carbocycles. The zero-order chi connectivity index (χ0) is 18.7. The zero-order valence-electron chi connectivity index (χ0n) is 14.8. The summed E-state index contributed by atoms with van der Waals surface area (Å²) < 4.78 is 5.98. The van der Waals surface area contributed by atoms with Crippen LogP contribution in [0.25, 0.3) is 0 Å². The van der Waals surface area contributed by atoms with E-state index in [1.165, 1.54) is 0 Å². The summed E-state index contributed by atoms with van der Waals surface area (Å²) in [6.45, 7) is 2.92. The summed E-state index contributed by atoms with van der Waals surface area (Å²) in [5.41, 5.74) is 2.85. The fourth-order valence-electron chi connectivity index (χ4n) is 3.01. The predicted molar refractivity (Wildman–Crippen MR) is 104 cm³/mol. The van der Waals surface area contributed by atoms with Crippen molar-refractivity contribution in [3.63, 3.8) is 0 Å². The molecule has 0 bridgehead atoms. The number of nitrogens with zero attached hydrogens (tertiary/aromatic N) is 1. The van der Waals surface area contributed by atoms with Crippen LogP contribution in [0.4, 0.5) is 5.69 Å². The second-order valence-electron chi connectivity index (χ2n) is 6.50. The standard InChI is InChI=1S/C20H21BrN2O3/c1-13-3-8-18(17(21)9-13)22-20(25)15-10-19(24)23(12-15)11-14-4-6-16(26-2)7-5-14/h3-9,15H,10-12H2,1-2H3,(H,22,25). The third kappa shape index (κ3) is 4.25. The van der Waals surface area contributed by atoms with E-state index in [1.54, 1.807) is 12.0 Å². The van der Waals surface area contributed by atoms with Crippen molar-refractivity contribution in [2.45, 2.75) is 19.9 Å². The molecule has 26 heavy (non-hydrogen) atoms. The van der Waals surface area contributed by atoms with Gasteiger partial charge in [-0.15, -0.1) is 0 Å². The van der Waals surface area contributed by atoms with Crippen molar-refractivity contribution >= 4 is 33.4 Å². The number of carbonyl (C=O) groups excluding carboxylic acids is 2. The number of carbonyl (C=O) groups is 2. The molecule has 1 aliphatic heterocycles. The maximum Gasteiger partial charge on any atom is 0.229 e. The van der Waals surface area contributed by atoms with Crippen LogP contribution in [0.5, 0.6) is 5.75 Å². The number of methoxy groups -OCH3 is 1. The van der Waals surface area contributed by atoms with E-state index in [0.29, 0.717) is 13.1 Å². The number of rotatable bonds is 5. The number of amides is 2. The lowest BCUT2D eigenvalue weighted by atomic mass is 10.1. The number of aryl methyl sites for hydroxylation is 1. The molecule has 0 spiro atoms. The minimum Gasteiger partial charge on any atom is -0.497 e. The summed E-state index contributed by atoms with van der Waals surface area (Å²) in [4.78, 5) is 26.6. The van der Waals surface area contributed by atoms with E-state index in [4.69, 9.17) is 4.74 Å². The molecule has 2 aromatic rings. The van der Waals surface area contributed by atoms with Crippen LogP contribution in [-0.2, 0) is 16.1 Å². The quantitative estimate of drug-likeness (QED) is 0.806. The molecule has 0 radical (unpaired) electrons. The lowest BCUT2D eigenvalue weighted by Crippen LogP contribution is -2.28. The Labute approximate surface area is 161 Å². The number of hydrogen-bond donors (Lipinski definition) is 1. The van der Waals surface area contributed by atoms with Crippen molar-refractivity contribution in [2.75, 3.05) is 19.0 Å². The first-order valence-electron chi connectivity index (χ1n) is 8.44. The topological polar surface area (TPSA) is 58.6 Å². The Morgan fingerprint density at radius 1 is 1.27 bits per heavy atom. The Balaban J connectivity index is 1.61. The van der Waals surface area contributed by atoms with Gasteiger partial charge in [0.05, 0.1) is 18.7 Å². The van der Waals surface area contributed by atoms with Gasteiger partial charge in [0.25, 0.3) is 0 Å². The molecule has 5 nitrogen and oxygen atoms in total. The van der Waals surface area contributed by atoms with Crippen molar-refractivity contribution in [1.29, 1.82) is 0 Å². The number of ether oxygens (including phenoxy) is 1. The van der Waals surface area contributed by atoms with Crippen molar-refractivity contribution in [3.8, 4) is 5.75 Å². The van der Waals surface area contributed by atoms with Gasteiger partial charge in [0.15, 0.2) is 0 Å². The summed E-state index contributed by atoms with van der Waals surface area (Å²) in [6.07, 6.45) is 0.242. The van der Waals surface area contributed by atoms with E-state index < -0.39 is 0 Å². The van der Waals surface area contributed by atoms with Crippen molar-refractivity contribution in [3.05, 3.63) is 58.1 Å². The summed E-state index contributed by atoms with van der Waals surface area (Å²) in [7, 11) is 1.62. The monoisotopic (exact) mass is 416 g/mol. The number of anilines is 1. The maximum absolute atomic E-state index is 12.6. The van der Waals surface area contributed by atoms with E-state index in [0.717, 1.165) is 27.0 Å². The molecule has 1 aliphatic rings. The molecule has 1 heterocycles. The first-order valence-corrected chi connectivity index (χ1v) is 9.23. The average Bonchev–Trinajstić information content (AvgIpc) is 2.99. The SMILES string of the molecule is COc1ccc(CN2CC(C(=O)Nc3ccc(C)cc3Br)CC2=O)cc1. The fraction of sp³-hybridized carbons (Fsp3) is 0.300. The summed E-state index contributed by atoms with van der Waals surface area (Å²) in [5.74, 6) is 0.320. The third-order valence-corrected chi connectivity index (χ3v) is 5.16. The first kappa shape index (κ1) is 18.5. The largest absolute Gasteiger partial charge is 0.497 e. The van der Waals surface area contributed by atoms with Gasteiger partial charge in [0.2, 0.25) is 11.8 Å². The molecule has 3 rings (SSSR count). The number of nitrogens with one attached hydrogen (secondary N) is 1. The summed E-state index contributed by atoms with van der Waals surface area (Å²) in [5, 5.41) is 2.92. The van der Waals surface area contributed by atoms with Gasteiger partial charge in [0, 0.05) is 24.0 Å². The molecule has 1 atom stereocenters. The van der Waals surface area contributed by atoms with E-state index in [9.17, 15) is 9.59 Å². The van der Waals surface area contributed by atoms with E-state index in [1.807, 2.05) is 49.4 Å². The molecular weight excluding hydrogens is 396 g/mol. The zero-order valence-corrected chi connectivity index (χ0v) is 16.4. The van der Waals surface area contributed by atoms with Crippen molar-refractivity contribution < 1.29 is 14.3 Å². The molecular formula is C20H21BrN2O3. The molecule has 2 amide bonds. The van der Waals surface area contributed by atoms with Crippen LogP contribution in [0, 0.1) is 12.8 Å². The van der Waals surface area contributed by atoms with Crippen LogP contribution in [0.2, 0.25) is 0 Å². The van der Waals surface area contributed by atoms with E-state index in [-0.39, 0.29) is 24.2 Å². The molecule has 2 aromatic carbocycles. The fourth-order valence-corrected chi connectivity index (χ4v) is 3.60. The smallest absolute Gasteiger partial charge is 0.229 e. The highest BCUT2D eigenvalue weighted by atomic mass is 79.9.